The van der Waals surface area contributed by atoms with Gasteiger partial charge in [0.2, 0.25) is 11.8 Å². The Labute approximate surface area is 162 Å². The minimum atomic E-state index is -0.484. The molecule has 1 aliphatic heterocycles. The van der Waals surface area contributed by atoms with Gasteiger partial charge in [0, 0.05) is 24.3 Å². The van der Waals surface area contributed by atoms with Crippen LogP contribution in [0.25, 0.3) is 0 Å². The fraction of sp³-hybridized carbons (Fsp3) is 0.350. The third kappa shape index (κ3) is 4.74. The number of nitrogens with one attached hydrogen (secondary N) is 2. The predicted octanol–water partition coefficient (Wildman–Crippen LogP) is 3.73. The maximum absolute atomic E-state index is 12.9. The van der Waals surface area contributed by atoms with Gasteiger partial charge in [-0.05, 0) is 48.9 Å². The van der Waals surface area contributed by atoms with Crippen molar-refractivity contribution in [1.82, 2.24) is 4.90 Å². The summed E-state index contributed by atoms with van der Waals surface area (Å²) in [5.74, 6) is -0.370. The molecule has 0 aliphatic carbocycles. The molecule has 2 N–H and O–H groups in total. The van der Waals surface area contributed by atoms with Gasteiger partial charge in [-0.1, -0.05) is 19.1 Å². The van der Waals surface area contributed by atoms with E-state index in [0.29, 0.717) is 35.6 Å². The molecule has 0 radical (unpaired) electrons. The Kier molecular flexibility index (Phi) is 6.24. The van der Waals surface area contributed by atoms with Gasteiger partial charge in [-0.2, -0.15) is 0 Å². The van der Waals surface area contributed by atoms with Crippen LogP contribution >= 0.6 is 11.3 Å². The standard InChI is InChI=1S/C20H23N3O3S/c1-2-18(24)21-14-7-5-8-15(13-14)22-19(25)16-9-3-4-11-23(16)20(26)17-10-6-12-27-17/h5-8,10,12-13,16H,2-4,9,11H2,1H3,(H,21,24)(H,22,25)/t16-/m1/s1. The molecule has 3 rings (SSSR count). The van der Waals surface area contributed by atoms with Crippen LogP contribution in [0, 0.1) is 0 Å². The Bertz CT molecular complexity index is 820. The van der Waals surface area contributed by atoms with Crippen molar-refractivity contribution in [2.75, 3.05) is 17.2 Å². The molecule has 1 aliphatic rings. The number of likely N-dealkylation sites (tertiary alicyclic amines) is 1. The van der Waals surface area contributed by atoms with E-state index in [1.54, 1.807) is 42.2 Å². The topological polar surface area (TPSA) is 78.5 Å². The van der Waals surface area contributed by atoms with E-state index in [4.69, 9.17) is 0 Å². The van der Waals surface area contributed by atoms with Crippen molar-refractivity contribution in [2.45, 2.75) is 38.6 Å². The van der Waals surface area contributed by atoms with Gasteiger partial charge in [0.1, 0.15) is 6.04 Å². The van der Waals surface area contributed by atoms with E-state index in [2.05, 4.69) is 10.6 Å². The molecule has 0 unspecified atom stereocenters. The molecule has 0 bridgehead atoms. The zero-order valence-electron chi connectivity index (χ0n) is 15.2. The van der Waals surface area contributed by atoms with E-state index < -0.39 is 6.04 Å². The maximum Gasteiger partial charge on any atom is 0.264 e. The Morgan fingerprint density at radius 3 is 2.59 bits per heavy atom. The van der Waals surface area contributed by atoms with Crippen LogP contribution < -0.4 is 10.6 Å². The van der Waals surface area contributed by atoms with Crippen molar-refractivity contribution >= 4 is 40.4 Å². The summed E-state index contributed by atoms with van der Waals surface area (Å²) < 4.78 is 0. The summed E-state index contributed by atoms with van der Waals surface area (Å²) in [6, 6.07) is 10.2. The number of nitrogens with zero attached hydrogens (tertiary/aromatic N) is 1. The molecule has 1 aromatic heterocycles. The molecule has 0 spiro atoms. The van der Waals surface area contributed by atoms with Crippen LogP contribution in [0.1, 0.15) is 42.3 Å². The summed E-state index contributed by atoms with van der Waals surface area (Å²) in [7, 11) is 0. The van der Waals surface area contributed by atoms with Crippen LogP contribution in [0.2, 0.25) is 0 Å². The van der Waals surface area contributed by atoms with E-state index in [1.807, 2.05) is 11.4 Å². The van der Waals surface area contributed by atoms with Crippen LogP contribution in [0.15, 0.2) is 41.8 Å². The van der Waals surface area contributed by atoms with Crippen molar-refractivity contribution in [1.29, 1.82) is 0 Å². The molecule has 142 valence electrons. The van der Waals surface area contributed by atoms with Crippen molar-refractivity contribution in [3.63, 3.8) is 0 Å². The number of piperidine rings is 1. The molecular weight excluding hydrogens is 362 g/mol. The average molecular weight is 385 g/mol. The Morgan fingerprint density at radius 1 is 1.11 bits per heavy atom. The van der Waals surface area contributed by atoms with Gasteiger partial charge in [0.25, 0.3) is 5.91 Å². The Hall–Kier alpha value is -2.67. The lowest BCUT2D eigenvalue weighted by Gasteiger charge is -2.34. The second kappa shape index (κ2) is 8.81. The maximum atomic E-state index is 12.9. The summed E-state index contributed by atoms with van der Waals surface area (Å²) in [6.45, 7) is 2.37. The lowest BCUT2D eigenvalue weighted by Crippen LogP contribution is -2.49. The minimum absolute atomic E-state index is 0.0847. The first-order chi connectivity index (χ1) is 13.1. The highest BCUT2D eigenvalue weighted by molar-refractivity contribution is 7.12. The lowest BCUT2D eigenvalue weighted by molar-refractivity contribution is -0.121. The van der Waals surface area contributed by atoms with Gasteiger partial charge in [-0.25, -0.2) is 0 Å². The average Bonchev–Trinajstić information content (AvgIpc) is 3.22. The van der Waals surface area contributed by atoms with E-state index in [-0.39, 0.29) is 17.7 Å². The fourth-order valence-corrected chi connectivity index (χ4v) is 3.82. The molecule has 3 amide bonds. The molecular formula is C20H23N3O3S. The molecule has 1 atom stereocenters. The number of hydrogen-bond acceptors (Lipinski definition) is 4. The molecule has 1 aromatic carbocycles. The minimum Gasteiger partial charge on any atom is -0.326 e. The third-order valence-electron chi connectivity index (χ3n) is 4.53. The molecule has 2 aromatic rings. The van der Waals surface area contributed by atoms with Crippen LogP contribution in [0.3, 0.4) is 0 Å². The zero-order chi connectivity index (χ0) is 19.2. The van der Waals surface area contributed by atoms with Gasteiger partial charge in [0.15, 0.2) is 0 Å². The van der Waals surface area contributed by atoms with Gasteiger partial charge in [-0.3, -0.25) is 14.4 Å². The highest BCUT2D eigenvalue weighted by atomic mass is 32.1. The summed E-state index contributed by atoms with van der Waals surface area (Å²) in [5, 5.41) is 7.53. The normalized spacial score (nSPS) is 16.6. The molecule has 1 saturated heterocycles. The second-order valence-corrected chi connectivity index (χ2v) is 7.41. The van der Waals surface area contributed by atoms with Gasteiger partial charge in [0.05, 0.1) is 4.88 Å². The monoisotopic (exact) mass is 385 g/mol. The highest BCUT2D eigenvalue weighted by Crippen LogP contribution is 2.23. The Morgan fingerprint density at radius 2 is 1.89 bits per heavy atom. The number of carbonyl (C=O) groups excluding carboxylic acids is 3. The smallest absolute Gasteiger partial charge is 0.264 e. The summed E-state index contributed by atoms with van der Waals surface area (Å²) in [5.41, 5.74) is 1.23. The number of hydrogen-bond donors (Lipinski definition) is 2. The van der Waals surface area contributed by atoms with E-state index in [9.17, 15) is 14.4 Å². The highest BCUT2D eigenvalue weighted by Gasteiger charge is 2.33. The van der Waals surface area contributed by atoms with Crippen molar-refractivity contribution in [2.24, 2.45) is 0 Å². The second-order valence-electron chi connectivity index (χ2n) is 6.46. The van der Waals surface area contributed by atoms with E-state index >= 15 is 0 Å². The first-order valence-electron chi connectivity index (χ1n) is 9.13. The number of benzene rings is 1. The third-order valence-corrected chi connectivity index (χ3v) is 5.39. The summed E-state index contributed by atoms with van der Waals surface area (Å²) >= 11 is 1.39. The predicted molar refractivity (Wildman–Crippen MR) is 107 cm³/mol. The van der Waals surface area contributed by atoms with Gasteiger partial charge in [-0.15, -0.1) is 11.3 Å². The van der Waals surface area contributed by atoms with Crippen LogP contribution in [-0.2, 0) is 9.59 Å². The summed E-state index contributed by atoms with van der Waals surface area (Å²) in [6.07, 6.45) is 2.85. The molecule has 6 nitrogen and oxygen atoms in total. The number of carbonyl (C=O) groups is 3. The first-order valence-corrected chi connectivity index (χ1v) is 10.0. The quantitative estimate of drug-likeness (QED) is 0.823. The number of amides is 3. The number of rotatable bonds is 5. The largest absolute Gasteiger partial charge is 0.326 e. The van der Waals surface area contributed by atoms with Crippen molar-refractivity contribution < 1.29 is 14.4 Å². The van der Waals surface area contributed by atoms with E-state index in [0.717, 1.165) is 12.8 Å². The van der Waals surface area contributed by atoms with E-state index in [1.165, 1.54) is 11.3 Å². The van der Waals surface area contributed by atoms with Crippen LogP contribution in [-0.4, -0.2) is 35.2 Å². The van der Waals surface area contributed by atoms with Crippen LogP contribution in [0.5, 0.6) is 0 Å². The molecule has 0 saturated carbocycles. The van der Waals surface area contributed by atoms with Gasteiger partial charge < -0.3 is 15.5 Å². The number of thiophene rings is 1. The zero-order valence-corrected chi connectivity index (χ0v) is 16.1. The molecule has 7 heteroatoms. The van der Waals surface area contributed by atoms with Crippen molar-refractivity contribution in [3.8, 4) is 0 Å². The van der Waals surface area contributed by atoms with Crippen molar-refractivity contribution in [3.05, 3.63) is 46.7 Å². The molecule has 27 heavy (non-hydrogen) atoms. The summed E-state index contributed by atoms with van der Waals surface area (Å²) in [4.78, 5) is 39.5. The SMILES string of the molecule is CCC(=O)Nc1cccc(NC(=O)[C@H]2CCCCN2C(=O)c2cccs2)c1. The number of anilines is 2. The molecule has 2 heterocycles. The first kappa shape index (κ1) is 19.1. The van der Waals surface area contributed by atoms with Crippen LogP contribution in [0.4, 0.5) is 11.4 Å². The fourth-order valence-electron chi connectivity index (χ4n) is 3.14. The lowest BCUT2D eigenvalue weighted by atomic mass is 10.0. The van der Waals surface area contributed by atoms with Gasteiger partial charge >= 0.3 is 0 Å². The Balaban J connectivity index is 1.71. The molecule has 1 fully saturated rings.